The molecule has 0 saturated carbocycles. The van der Waals surface area contributed by atoms with E-state index in [4.69, 9.17) is 0 Å². The molecule has 1 aliphatic rings. The molecule has 1 aliphatic heterocycles. The lowest BCUT2D eigenvalue weighted by atomic mass is 10.4. The summed E-state index contributed by atoms with van der Waals surface area (Å²) in [5.74, 6) is 1.24. The van der Waals surface area contributed by atoms with Gasteiger partial charge in [0, 0.05) is 20.0 Å². The minimum absolute atomic E-state index is 0.764. The smallest absolute Gasteiger partial charge is 0.0990 e. The van der Waals surface area contributed by atoms with E-state index in [1.165, 1.54) is 12.3 Å². The van der Waals surface area contributed by atoms with E-state index in [2.05, 4.69) is 23.5 Å². The highest BCUT2D eigenvalue weighted by Gasteiger charge is 2.12. The van der Waals surface area contributed by atoms with Crippen LogP contribution in [0, 0.1) is 0 Å². The molecule has 0 aromatic heterocycles. The first-order valence-electron chi connectivity index (χ1n) is 3.70. The average molecular weight is 138 g/mol. The molecule has 0 amide bonds. The van der Waals surface area contributed by atoms with Crippen molar-refractivity contribution >= 4 is 5.84 Å². The van der Waals surface area contributed by atoms with Gasteiger partial charge in [-0.1, -0.05) is 6.08 Å². The zero-order valence-corrected chi connectivity index (χ0v) is 6.51. The van der Waals surface area contributed by atoms with Crippen molar-refractivity contribution in [1.82, 2.24) is 4.90 Å². The summed E-state index contributed by atoms with van der Waals surface area (Å²) in [5, 5.41) is 0. The lowest BCUT2D eigenvalue weighted by Gasteiger charge is -2.09. The first-order chi connectivity index (χ1) is 4.84. The number of amidine groups is 1. The lowest BCUT2D eigenvalue weighted by molar-refractivity contribution is 0.548. The van der Waals surface area contributed by atoms with Crippen LogP contribution in [0.2, 0.25) is 0 Å². The molecule has 0 aromatic rings. The molecule has 0 bridgehead atoms. The number of aliphatic imine (C=N–C) groups is 1. The second-order valence-electron chi connectivity index (χ2n) is 2.57. The third-order valence-corrected chi connectivity index (χ3v) is 1.74. The Labute approximate surface area is 62.3 Å². The quantitative estimate of drug-likeness (QED) is 0.525. The first kappa shape index (κ1) is 7.32. The van der Waals surface area contributed by atoms with E-state index in [-0.39, 0.29) is 0 Å². The molecule has 1 heterocycles. The molecule has 0 atom stereocenters. The molecule has 2 nitrogen and oxygen atoms in total. The first-order valence-corrected chi connectivity index (χ1v) is 3.70. The van der Waals surface area contributed by atoms with E-state index >= 15 is 0 Å². The Hall–Kier alpha value is -0.790. The van der Waals surface area contributed by atoms with Crippen LogP contribution >= 0.6 is 0 Å². The molecule has 1 saturated heterocycles. The number of likely N-dealkylation sites (tertiary alicyclic amines) is 1. The third-order valence-electron chi connectivity index (χ3n) is 1.74. The van der Waals surface area contributed by atoms with Gasteiger partial charge in [-0.3, -0.25) is 4.99 Å². The topological polar surface area (TPSA) is 15.6 Å². The highest BCUT2D eigenvalue weighted by Crippen LogP contribution is 2.08. The Morgan fingerprint density at radius 1 is 1.80 bits per heavy atom. The molecule has 10 heavy (non-hydrogen) atoms. The van der Waals surface area contributed by atoms with E-state index in [1.54, 1.807) is 0 Å². The van der Waals surface area contributed by atoms with Crippen molar-refractivity contribution in [1.29, 1.82) is 0 Å². The van der Waals surface area contributed by atoms with Crippen LogP contribution in [-0.4, -0.2) is 30.9 Å². The molecule has 1 fully saturated rings. The maximum atomic E-state index is 4.35. The van der Waals surface area contributed by atoms with Crippen molar-refractivity contribution in [3.63, 3.8) is 0 Å². The van der Waals surface area contributed by atoms with Crippen molar-refractivity contribution in [3.05, 3.63) is 12.7 Å². The lowest BCUT2D eigenvalue weighted by Crippen LogP contribution is -2.19. The van der Waals surface area contributed by atoms with Crippen LogP contribution in [-0.2, 0) is 0 Å². The molecular formula is C8H14N2. The van der Waals surface area contributed by atoms with Crippen LogP contribution in [0.15, 0.2) is 17.6 Å². The molecule has 0 unspecified atom stereocenters. The maximum Gasteiger partial charge on any atom is 0.0990 e. The van der Waals surface area contributed by atoms with E-state index in [0.29, 0.717) is 0 Å². The summed E-state index contributed by atoms with van der Waals surface area (Å²) in [7, 11) is 2.09. The zero-order valence-electron chi connectivity index (χ0n) is 6.51. The van der Waals surface area contributed by atoms with E-state index in [9.17, 15) is 0 Å². The number of rotatable bonds is 2. The standard InChI is InChI=1S/C8H14N2/c1-3-6-9-8-5-4-7-10(8)2/h3H,1,4-7H2,2H3. The highest BCUT2D eigenvalue weighted by molar-refractivity contribution is 5.83. The Morgan fingerprint density at radius 2 is 2.60 bits per heavy atom. The molecular weight excluding hydrogens is 124 g/mol. The van der Waals surface area contributed by atoms with Gasteiger partial charge in [0.25, 0.3) is 0 Å². The summed E-state index contributed by atoms with van der Waals surface area (Å²) < 4.78 is 0. The predicted molar refractivity (Wildman–Crippen MR) is 44.4 cm³/mol. The number of hydrogen-bond donors (Lipinski definition) is 0. The Morgan fingerprint density at radius 3 is 3.10 bits per heavy atom. The van der Waals surface area contributed by atoms with Gasteiger partial charge in [0.2, 0.25) is 0 Å². The van der Waals surface area contributed by atoms with Crippen LogP contribution in [0.5, 0.6) is 0 Å². The minimum atomic E-state index is 0.764. The van der Waals surface area contributed by atoms with Gasteiger partial charge in [-0.15, -0.1) is 6.58 Å². The molecule has 0 spiro atoms. The Balaban J connectivity index is 2.45. The largest absolute Gasteiger partial charge is 0.363 e. The van der Waals surface area contributed by atoms with Crippen LogP contribution in [0.3, 0.4) is 0 Å². The summed E-state index contributed by atoms with van der Waals surface area (Å²) in [6.07, 6.45) is 4.23. The van der Waals surface area contributed by atoms with Crippen molar-refractivity contribution in [3.8, 4) is 0 Å². The summed E-state index contributed by atoms with van der Waals surface area (Å²) in [4.78, 5) is 6.56. The van der Waals surface area contributed by atoms with Crippen LogP contribution in [0.1, 0.15) is 12.8 Å². The fraction of sp³-hybridized carbons (Fsp3) is 0.625. The Kier molecular flexibility index (Phi) is 2.49. The molecule has 2 heteroatoms. The minimum Gasteiger partial charge on any atom is -0.363 e. The predicted octanol–water partition coefficient (Wildman–Crippen LogP) is 1.30. The second kappa shape index (κ2) is 3.40. The van der Waals surface area contributed by atoms with Crippen LogP contribution < -0.4 is 0 Å². The molecule has 56 valence electrons. The molecule has 1 rings (SSSR count). The summed E-state index contributed by atoms with van der Waals surface area (Å²) >= 11 is 0. The van der Waals surface area contributed by atoms with Gasteiger partial charge in [-0.2, -0.15) is 0 Å². The van der Waals surface area contributed by atoms with Gasteiger partial charge in [-0.05, 0) is 6.42 Å². The van der Waals surface area contributed by atoms with Crippen molar-refractivity contribution in [2.45, 2.75) is 12.8 Å². The average Bonchev–Trinajstić information content (AvgIpc) is 2.31. The fourth-order valence-corrected chi connectivity index (χ4v) is 1.16. The summed E-state index contributed by atoms with van der Waals surface area (Å²) in [6.45, 7) is 5.55. The fourth-order valence-electron chi connectivity index (χ4n) is 1.16. The SMILES string of the molecule is C=CCN=C1CCCN1C. The van der Waals surface area contributed by atoms with Gasteiger partial charge < -0.3 is 4.90 Å². The highest BCUT2D eigenvalue weighted by atomic mass is 15.2. The zero-order chi connectivity index (χ0) is 7.40. The number of hydrogen-bond acceptors (Lipinski definition) is 1. The van der Waals surface area contributed by atoms with Gasteiger partial charge in [0.05, 0.1) is 12.4 Å². The Bertz CT molecular complexity index is 149. The molecule has 0 N–H and O–H groups in total. The van der Waals surface area contributed by atoms with Crippen molar-refractivity contribution in [2.75, 3.05) is 20.1 Å². The van der Waals surface area contributed by atoms with Crippen LogP contribution in [0.25, 0.3) is 0 Å². The van der Waals surface area contributed by atoms with Crippen LogP contribution in [0.4, 0.5) is 0 Å². The third kappa shape index (κ3) is 1.59. The van der Waals surface area contributed by atoms with E-state index in [0.717, 1.165) is 19.5 Å². The summed E-state index contributed by atoms with van der Waals surface area (Å²) in [5.41, 5.74) is 0. The van der Waals surface area contributed by atoms with Gasteiger partial charge in [0.15, 0.2) is 0 Å². The monoisotopic (exact) mass is 138 g/mol. The van der Waals surface area contributed by atoms with Gasteiger partial charge in [-0.25, -0.2) is 0 Å². The van der Waals surface area contributed by atoms with E-state index in [1.807, 2.05) is 6.08 Å². The summed E-state index contributed by atoms with van der Waals surface area (Å²) in [6, 6.07) is 0. The number of nitrogens with zero attached hydrogens (tertiary/aromatic N) is 2. The molecule has 0 aliphatic carbocycles. The van der Waals surface area contributed by atoms with E-state index < -0.39 is 0 Å². The normalized spacial score (nSPS) is 22.1. The molecule has 0 radical (unpaired) electrons. The maximum absolute atomic E-state index is 4.35. The van der Waals surface area contributed by atoms with Gasteiger partial charge in [0.1, 0.15) is 0 Å². The van der Waals surface area contributed by atoms with Crippen molar-refractivity contribution < 1.29 is 0 Å². The van der Waals surface area contributed by atoms with Crippen molar-refractivity contribution in [2.24, 2.45) is 4.99 Å². The van der Waals surface area contributed by atoms with Gasteiger partial charge >= 0.3 is 0 Å². The molecule has 0 aromatic carbocycles. The second-order valence-corrected chi connectivity index (χ2v) is 2.57.